The van der Waals surface area contributed by atoms with Crippen LogP contribution in [0.4, 0.5) is 0 Å². The van der Waals surface area contributed by atoms with Crippen LogP contribution in [0.1, 0.15) is 5.56 Å². The van der Waals surface area contributed by atoms with E-state index in [1.807, 2.05) is 13.0 Å². The average molecular weight is 169 g/mol. The summed E-state index contributed by atoms with van der Waals surface area (Å²) < 4.78 is 21.7. The molecule has 0 aliphatic carbocycles. The molecule has 0 aliphatic heterocycles. The van der Waals surface area contributed by atoms with Gasteiger partial charge >= 0.3 is 0 Å². The molecule has 1 radical (unpaired) electrons. The zero-order valence-corrected chi connectivity index (χ0v) is 7.06. The van der Waals surface area contributed by atoms with Crippen molar-refractivity contribution in [1.29, 1.82) is 0 Å². The van der Waals surface area contributed by atoms with E-state index in [1.54, 1.807) is 12.1 Å². The van der Waals surface area contributed by atoms with Crippen LogP contribution < -0.4 is 0 Å². The van der Waals surface area contributed by atoms with Crippen molar-refractivity contribution in [2.45, 2.75) is 11.8 Å². The Morgan fingerprint density at radius 2 is 2.00 bits per heavy atom. The van der Waals surface area contributed by atoms with Gasteiger partial charge < -0.3 is 0 Å². The van der Waals surface area contributed by atoms with Crippen LogP contribution in [0.5, 0.6) is 0 Å². The highest BCUT2D eigenvalue weighted by Crippen LogP contribution is 2.10. The van der Waals surface area contributed by atoms with E-state index >= 15 is 0 Å². The number of sulfone groups is 1. The highest BCUT2D eigenvalue weighted by atomic mass is 32.2. The van der Waals surface area contributed by atoms with Gasteiger partial charge in [0, 0.05) is 0 Å². The molecule has 59 valence electrons. The van der Waals surface area contributed by atoms with Gasteiger partial charge in [-0.3, -0.25) is 0 Å². The lowest BCUT2D eigenvalue weighted by molar-refractivity contribution is 0.604. The lowest BCUT2D eigenvalue weighted by Gasteiger charge is -1.97. The van der Waals surface area contributed by atoms with Crippen LogP contribution in [-0.4, -0.2) is 8.42 Å². The Labute approximate surface area is 66.8 Å². The Morgan fingerprint density at radius 1 is 1.36 bits per heavy atom. The molecule has 3 heteroatoms. The van der Waals surface area contributed by atoms with Gasteiger partial charge in [0.15, 0.2) is 9.84 Å². The van der Waals surface area contributed by atoms with Crippen molar-refractivity contribution in [3.8, 4) is 0 Å². The van der Waals surface area contributed by atoms with Gasteiger partial charge in [0.1, 0.15) is 0 Å². The normalized spacial score (nSPS) is 11.5. The molecule has 0 N–H and O–H groups in total. The third-order valence-electron chi connectivity index (χ3n) is 1.35. The van der Waals surface area contributed by atoms with Crippen LogP contribution in [0.15, 0.2) is 29.2 Å². The molecule has 0 atom stereocenters. The second-order valence-electron chi connectivity index (χ2n) is 2.43. The molecule has 0 bridgehead atoms. The van der Waals surface area contributed by atoms with Gasteiger partial charge in [0.2, 0.25) is 0 Å². The molecule has 0 unspecified atom stereocenters. The largest absolute Gasteiger partial charge is 0.224 e. The summed E-state index contributed by atoms with van der Waals surface area (Å²) >= 11 is 0. The van der Waals surface area contributed by atoms with Crippen molar-refractivity contribution in [2.24, 2.45) is 0 Å². The third kappa shape index (κ3) is 2.05. The molecular weight excluding hydrogens is 160 g/mol. The summed E-state index contributed by atoms with van der Waals surface area (Å²) in [7, 11) is -3.28. The van der Waals surface area contributed by atoms with Crippen LogP contribution in [0, 0.1) is 13.2 Å². The zero-order valence-electron chi connectivity index (χ0n) is 6.24. The van der Waals surface area contributed by atoms with Crippen molar-refractivity contribution in [3.63, 3.8) is 0 Å². The molecule has 0 heterocycles. The maximum Gasteiger partial charge on any atom is 0.179 e. The minimum absolute atomic E-state index is 0.275. The molecule has 0 aliphatic rings. The molecule has 0 fully saturated rings. The van der Waals surface area contributed by atoms with Crippen molar-refractivity contribution >= 4 is 9.84 Å². The van der Waals surface area contributed by atoms with Gasteiger partial charge in [-0.2, -0.15) is 0 Å². The van der Waals surface area contributed by atoms with Gasteiger partial charge in [-0.25, -0.2) is 8.42 Å². The van der Waals surface area contributed by atoms with Crippen LogP contribution >= 0.6 is 0 Å². The summed E-state index contributed by atoms with van der Waals surface area (Å²) in [5.41, 5.74) is 0.926. The Hall–Kier alpha value is -0.830. The van der Waals surface area contributed by atoms with Gasteiger partial charge in [0.05, 0.1) is 11.2 Å². The van der Waals surface area contributed by atoms with Crippen LogP contribution in [0.2, 0.25) is 0 Å². The second-order valence-corrected chi connectivity index (χ2v) is 4.13. The van der Waals surface area contributed by atoms with Gasteiger partial charge in [-0.1, -0.05) is 12.1 Å². The predicted molar refractivity (Wildman–Crippen MR) is 43.7 cm³/mol. The molecule has 2 nitrogen and oxygen atoms in total. The lowest BCUT2D eigenvalue weighted by Crippen LogP contribution is -1.93. The fourth-order valence-corrected chi connectivity index (χ4v) is 1.46. The monoisotopic (exact) mass is 169 g/mol. The average Bonchev–Trinajstić information content (AvgIpc) is 1.86. The minimum Gasteiger partial charge on any atom is -0.224 e. The lowest BCUT2D eigenvalue weighted by atomic mass is 10.2. The number of hydrogen-bond donors (Lipinski definition) is 0. The highest BCUT2D eigenvalue weighted by molar-refractivity contribution is 7.92. The number of hydrogen-bond acceptors (Lipinski definition) is 2. The van der Waals surface area contributed by atoms with Crippen molar-refractivity contribution in [3.05, 3.63) is 36.1 Å². The van der Waals surface area contributed by atoms with E-state index in [2.05, 4.69) is 6.26 Å². The summed E-state index contributed by atoms with van der Waals surface area (Å²) in [4.78, 5) is 0.275. The number of aryl methyl sites for hydroxylation is 1. The van der Waals surface area contributed by atoms with Crippen molar-refractivity contribution in [1.82, 2.24) is 0 Å². The molecule has 0 amide bonds. The molecule has 1 rings (SSSR count). The Bertz CT molecular complexity index is 352. The quantitative estimate of drug-likeness (QED) is 0.639. The van der Waals surface area contributed by atoms with E-state index in [0.717, 1.165) is 5.56 Å². The Morgan fingerprint density at radius 3 is 2.36 bits per heavy atom. The van der Waals surface area contributed by atoms with E-state index < -0.39 is 9.84 Å². The van der Waals surface area contributed by atoms with Gasteiger partial charge in [-0.15, -0.1) is 0 Å². The first-order valence-corrected chi connectivity index (χ1v) is 4.80. The first-order chi connectivity index (χ1) is 5.00. The highest BCUT2D eigenvalue weighted by Gasteiger charge is 2.05. The molecule has 11 heavy (non-hydrogen) atoms. The molecule has 1 aromatic carbocycles. The summed E-state index contributed by atoms with van der Waals surface area (Å²) in [6.45, 7) is 1.84. The van der Waals surface area contributed by atoms with Crippen LogP contribution in [0.25, 0.3) is 0 Å². The van der Waals surface area contributed by atoms with Crippen LogP contribution in [-0.2, 0) is 9.84 Å². The minimum atomic E-state index is -3.28. The van der Waals surface area contributed by atoms with Gasteiger partial charge in [0.25, 0.3) is 0 Å². The maximum absolute atomic E-state index is 10.9. The summed E-state index contributed by atoms with van der Waals surface area (Å²) in [6, 6.07) is 6.68. The molecule has 0 spiro atoms. The van der Waals surface area contributed by atoms with Crippen LogP contribution in [0.3, 0.4) is 0 Å². The van der Waals surface area contributed by atoms with E-state index in [4.69, 9.17) is 0 Å². The standard InChI is InChI=1S/C8H9O2S/c1-7-4-3-5-8(6-7)11(2,9)10/h3-6H,2H2,1H3. The predicted octanol–water partition coefficient (Wildman–Crippen LogP) is 1.56. The van der Waals surface area contributed by atoms with E-state index in [-0.39, 0.29) is 4.90 Å². The zero-order chi connectivity index (χ0) is 8.48. The smallest absolute Gasteiger partial charge is 0.179 e. The Kier molecular flexibility index (Phi) is 2.00. The van der Waals surface area contributed by atoms with E-state index in [0.29, 0.717) is 0 Å². The van der Waals surface area contributed by atoms with E-state index in [1.165, 1.54) is 6.07 Å². The SMILES string of the molecule is [CH2]S(=O)(=O)c1cccc(C)c1. The van der Waals surface area contributed by atoms with E-state index in [9.17, 15) is 8.42 Å². The molecule has 0 saturated heterocycles. The first kappa shape index (κ1) is 8.27. The summed E-state index contributed by atoms with van der Waals surface area (Å²) in [6.07, 6.45) is 3.05. The molecular formula is C8H9O2S. The number of rotatable bonds is 1. The maximum atomic E-state index is 10.9. The van der Waals surface area contributed by atoms with Crippen molar-refractivity contribution < 1.29 is 8.42 Å². The first-order valence-electron chi connectivity index (χ1n) is 3.15. The third-order valence-corrected chi connectivity index (χ3v) is 2.32. The number of benzene rings is 1. The summed E-state index contributed by atoms with van der Waals surface area (Å²) in [5.74, 6) is 0. The molecule has 0 saturated carbocycles. The Balaban J connectivity index is 3.28. The second kappa shape index (κ2) is 2.66. The summed E-state index contributed by atoms with van der Waals surface area (Å²) in [5, 5.41) is 0. The molecule has 0 aromatic heterocycles. The van der Waals surface area contributed by atoms with Crippen molar-refractivity contribution in [2.75, 3.05) is 0 Å². The topological polar surface area (TPSA) is 34.1 Å². The molecule has 1 aromatic rings. The van der Waals surface area contributed by atoms with Gasteiger partial charge in [-0.05, 0) is 24.6 Å². The fourth-order valence-electron chi connectivity index (χ4n) is 0.809. The fraction of sp³-hybridized carbons (Fsp3) is 0.125.